The van der Waals surface area contributed by atoms with Crippen LogP contribution in [0.1, 0.15) is 11.1 Å². The Labute approximate surface area is 164 Å². The zero-order chi connectivity index (χ0) is 18.9. The Kier molecular flexibility index (Phi) is 6.77. The topological polar surface area (TPSA) is 56.8 Å². The Hall–Kier alpha value is -2.92. The molecule has 0 atom stereocenters. The normalized spacial score (nSPS) is 11.2. The molecule has 0 aliphatic rings. The van der Waals surface area contributed by atoms with E-state index in [-0.39, 0.29) is 0 Å². The molecule has 0 bridgehead atoms. The number of aliphatic imine (C=N–C) groups is 1. The molecule has 3 rings (SSSR count). The molecule has 0 saturated carbocycles. The molecule has 27 heavy (non-hydrogen) atoms. The van der Waals surface area contributed by atoms with E-state index in [1.54, 1.807) is 0 Å². The summed E-state index contributed by atoms with van der Waals surface area (Å²) in [7, 11) is 0. The van der Waals surface area contributed by atoms with Crippen LogP contribution in [0.15, 0.2) is 83.9 Å². The van der Waals surface area contributed by atoms with Gasteiger partial charge in [0.25, 0.3) is 0 Å². The second kappa shape index (κ2) is 9.69. The van der Waals surface area contributed by atoms with Crippen LogP contribution in [0.4, 0.5) is 5.69 Å². The minimum absolute atomic E-state index is 0.452. The first-order valence-electron chi connectivity index (χ1n) is 8.60. The standard InChI is InChI=1S/C22H22N2O2S/c1-27-22(23)24-19-12-13-20(25-15-17-8-4-2-5-9-17)21(14-19)26-16-18-10-6-3-7-11-18/h2-14H,15-16H2,1H3,(H2,23,24). The zero-order valence-electron chi connectivity index (χ0n) is 15.2. The van der Waals surface area contributed by atoms with Gasteiger partial charge in [-0.2, -0.15) is 0 Å². The Balaban J connectivity index is 1.79. The number of rotatable bonds is 7. The van der Waals surface area contributed by atoms with E-state index in [4.69, 9.17) is 15.2 Å². The minimum atomic E-state index is 0.452. The van der Waals surface area contributed by atoms with Gasteiger partial charge in [-0.15, -0.1) is 0 Å². The number of benzene rings is 3. The van der Waals surface area contributed by atoms with Gasteiger partial charge in [-0.1, -0.05) is 72.4 Å². The number of thioether (sulfide) groups is 1. The van der Waals surface area contributed by atoms with Crippen LogP contribution in [0.25, 0.3) is 0 Å². The molecule has 0 saturated heterocycles. The van der Waals surface area contributed by atoms with Crippen molar-refractivity contribution in [1.29, 1.82) is 0 Å². The van der Waals surface area contributed by atoms with Gasteiger partial charge >= 0.3 is 0 Å². The summed E-state index contributed by atoms with van der Waals surface area (Å²) in [4.78, 5) is 4.37. The highest BCUT2D eigenvalue weighted by Crippen LogP contribution is 2.33. The van der Waals surface area contributed by atoms with Crippen LogP contribution in [0, 0.1) is 0 Å². The summed E-state index contributed by atoms with van der Waals surface area (Å²) in [6, 6.07) is 25.7. The number of hydrogen-bond acceptors (Lipinski definition) is 4. The molecule has 2 N–H and O–H groups in total. The smallest absolute Gasteiger partial charge is 0.163 e. The number of amidine groups is 1. The summed E-state index contributed by atoms with van der Waals surface area (Å²) in [6.45, 7) is 0.922. The van der Waals surface area contributed by atoms with E-state index < -0.39 is 0 Å². The fourth-order valence-corrected chi connectivity index (χ4v) is 2.64. The molecule has 3 aromatic carbocycles. The van der Waals surface area contributed by atoms with Crippen molar-refractivity contribution in [3.05, 3.63) is 90.0 Å². The van der Waals surface area contributed by atoms with Gasteiger partial charge in [0.1, 0.15) is 13.2 Å². The first-order chi connectivity index (χ1) is 13.2. The van der Waals surface area contributed by atoms with Crippen LogP contribution in [0.3, 0.4) is 0 Å². The van der Waals surface area contributed by atoms with Gasteiger partial charge in [0.15, 0.2) is 16.7 Å². The molecule has 0 unspecified atom stereocenters. The molecule has 5 heteroatoms. The summed E-state index contributed by atoms with van der Waals surface area (Å²) < 4.78 is 12.0. The predicted octanol–water partition coefficient (Wildman–Crippen LogP) is 5.15. The average Bonchev–Trinajstić information content (AvgIpc) is 2.73. The minimum Gasteiger partial charge on any atom is -0.485 e. The highest BCUT2D eigenvalue weighted by molar-refractivity contribution is 8.13. The number of ether oxygens (including phenoxy) is 2. The van der Waals surface area contributed by atoms with Crippen LogP contribution >= 0.6 is 11.8 Å². The average molecular weight is 378 g/mol. The molecule has 0 aliphatic heterocycles. The lowest BCUT2D eigenvalue weighted by molar-refractivity contribution is 0.256. The lowest BCUT2D eigenvalue weighted by Crippen LogP contribution is -2.04. The first kappa shape index (κ1) is 18.9. The zero-order valence-corrected chi connectivity index (χ0v) is 16.0. The Bertz CT molecular complexity index is 883. The van der Waals surface area contributed by atoms with Crippen LogP contribution in [-0.2, 0) is 13.2 Å². The molecule has 0 aromatic heterocycles. The van der Waals surface area contributed by atoms with E-state index in [2.05, 4.69) is 4.99 Å². The van der Waals surface area contributed by atoms with E-state index in [9.17, 15) is 0 Å². The molecule has 3 aromatic rings. The molecule has 0 fully saturated rings. The molecule has 0 heterocycles. The maximum Gasteiger partial charge on any atom is 0.163 e. The quantitative estimate of drug-likeness (QED) is 0.456. The van der Waals surface area contributed by atoms with E-state index in [1.807, 2.05) is 85.1 Å². The van der Waals surface area contributed by atoms with E-state index in [1.165, 1.54) is 11.8 Å². The monoisotopic (exact) mass is 378 g/mol. The van der Waals surface area contributed by atoms with Crippen LogP contribution in [0.5, 0.6) is 11.5 Å². The lowest BCUT2D eigenvalue weighted by atomic mass is 10.2. The van der Waals surface area contributed by atoms with Crippen molar-refractivity contribution < 1.29 is 9.47 Å². The number of nitrogens with zero attached hydrogens (tertiary/aromatic N) is 1. The molecule has 0 aliphatic carbocycles. The number of hydrogen-bond donors (Lipinski definition) is 1. The van der Waals surface area contributed by atoms with Crippen molar-refractivity contribution in [2.24, 2.45) is 10.7 Å². The van der Waals surface area contributed by atoms with Gasteiger partial charge < -0.3 is 15.2 Å². The molecule has 138 valence electrons. The molecular weight excluding hydrogens is 356 g/mol. The molecule has 4 nitrogen and oxygen atoms in total. The molecule has 0 amide bonds. The number of nitrogens with two attached hydrogens (primary N) is 1. The van der Waals surface area contributed by atoms with Crippen molar-refractivity contribution in [2.45, 2.75) is 13.2 Å². The SMILES string of the molecule is CSC(N)=Nc1ccc(OCc2ccccc2)c(OCc2ccccc2)c1. The summed E-state index contributed by atoms with van der Waals surface area (Å²) in [5.74, 6) is 1.32. The van der Waals surface area contributed by atoms with Crippen molar-refractivity contribution in [1.82, 2.24) is 0 Å². The van der Waals surface area contributed by atoms with Crippen LogP contribution in [0.2, 0.25) is 0 Å². The predicted molar refractivity (Wildman–Crippen MR) is 113 cm³/mol. The van der Waals surface area contributed by atoms with Crippen molar-refractivity contribution in [2.75, 3.05) is 6.26 Å². The van der Waals surface area contributed by atoms with E-state index >= 15 is 0 Å². The fraction of sp³-hybridized carbons (Fsp3) is 0.136. The van der Waals surface area contributed by atoms with Crippen molar-refractivity contribution >= 4 is 22.6 Å². The Morgan fingerprint density at radius 3 is 1.93 bits per heavy atom. The van der Waals surface area contributed by atoms with Crippen molar-refractivity contribution in [3.63, 3.8) is 0 Å². The summed E-state index contributed by atoms with van der Waals surface area (Å²) in [5, 5.41) is 0.502. The molecular formula is C22H22N2O2S. The van der Waals surface area contributed by atoms with Gasteiger partial charge in [0, 0.05) is 6.07 Å². The van der Waals surface area contributed by atoms with Gasteiger partial charge in [0.2, 0.25) is 0 Å². The summed E-state index contributed by atoms with van der Waals surface area (Å²) in [6.07, 6.45) is 1.89. The largest absolute Gasteiger partial charge is 0.485 e. The third-order valence-electron chi connectivity index (χ3n) is 3.85. The van der Waals surface area contributed by atoms with Gasteiger partial charge in [-0.3, -0.25) is 0 Å². The van der Waals surface area contributed by atoms with Crippen molar-refractivity contribution in [3.8, 4) is 11.5 Å². The van der Waals surface area contributed by atoms with Gasteiger partial charge in [-0.05, 0) is 29.5 Å². The van der Waals surface area contributed by atoms with E-state index in [0.29, 0.717) is 29.9 Å². The Morgan fingerprint density at radius 1 is 0.815 bits per heavy atom. The second-order valence-electron chi connectivity index (χ2n) is 5.83. The molecule has 0 radical (unpaired) electrons. The van der Waals surface area contributed by atoms with Crippen LogP contribution < -0.4 is 15.2 Å². The lowest BCUT2D eigenvalue weighted by Gasteiger charge is -2.14. The van der Waals surface area contributed by atoms with Gasteiger partial charge in [-0.25, -0.2) is 4.99 Å². The summed E-state index contributed by atoms with van der Waals surface area (Å²) >= 11 is 1.40. The molecule has 0 spiro atoms. The summed E-state index contributed by atoms with van der Waals surface area (Å²) in [5.41, 5.74) is 8.75. The fourth-order valence-electron chi connectivity index (χ4n) is 2.44. The van der Waals surface area contributed by atoms with Gasteiger partial charge in [0.05, 0.1) is 5.69 Å². The van der Waals surface area contributed by atoms with Crippen LogP contribution in [-0.4, -0.2) is 11.4 Å². The highest BCUT2D eigenvalue weighted by atomic mass is 32.2. The Morgan fingerprint density at radius 2 is 1.37 bits per heavy atom. The second-order valence-corrected chi connectivity index (χ2v) is 6.66. The highest BCUT2D eigenvalue weighted by Gasteiger charge is 2.08. The maximum atomic E-state index is 6.03. The third kappa shape index (κ3) is 5.79. The first-order valence-corrected chi connectivity index (χ1v) is 9.83. The van der Waals surface area contributed by atoms with E-state index in [0.717, 1.165) is 16.8 Å². The third-order valence-corrected chi connectivity index (χ3v) is 4.36. The maximum absolute atomic E-state index is 6.03.